The molecule has 0 aliphatic carbocycles. The first-order chi connectivity index (χ1) is 12.1. The molecule has 3 rings (SSSR count). The molecule has 1 aromatic heterocycles. The number of ether oxygens (including phenoxy) is 1. The summed E-state index contributed by atoms with van der Waals surface area (Å²) in [6, 6.07) is 0.306. The van der Waals surface area contributed by atoms with Gasteiger partial charge < -0.3 is 14.9 Å². The fourth-order valence-electron chi connectivity index (χ4n) is 3.97. The van der Waals surface area contributed by atoms with E-state index >= 15 is 0 Å². The highest BCUT2D eigenvalue weighted by atomic mass is 16.5. The minimum absolute atomic E-state index is 0.118. The predicted molar refractivity (Wildman–Crippen MR) is 95.2 cm³/mol. The number of piperidine rings is 1. The molecule has 2 N–H and O–H groups in total. The second kappa shape index (κ2) is 8.60. The molecule has 2 aliphatic rings. The zero-order valence-electron chi connectivity index (χ0n) is 15.4. The molecule has 2 saturated heterocycles. The van der Waals surface area contributed by atoms with Crippen molar-refractivity contribution < 1.29 is 14.9 Å². The Morgan fingerprint density at radius 2 is 2.04 bits per heavy atom. The van der Waals surface area contributed by atoms with Crippen molar-refractivity contribution in [2.75, 3.05) is 33.4 Å². The van der Waals surface area contributed by atoms with Crippen molar-refractivity contribution in [3.8, 4) is 0 Å². The first-order valence-corrected chi connectivity index (χ1v) is 9.48. The van der Waals surface area contributed by atoms with E-state index in [0.29, 0.717) is 12.6 Å². The van der Waals surface area contributed by atoms with Crippen LogP contribution in [-0.2, 0) is 17.8 Å². The highest BCUT2D eigenvalue weighted by Gasteiger charge is 2.37. The van der Waals surface area contributed by atoms with Crippen molar-refractivity contribution in [3.63, 3.8) is 0 Å². The van der Waals surface area contributed by atoms with Crippen LogP contribution in [0.15, 0.2) is 12.4 Å². The van der Waals surface area contributed by atoms with Gasteiger partial charge in [-0.3, -0.25) is 14.5 Å². The van der Waals surface area contributed by atoms with Crippen LogP contribution in [0.2, 0.25) is 0 Å². The maximum atomic E-state index is 10.2. The van der Waals surface area contributed by atoms with E-state index in [1.54, 1.807) is 0 Å². The maximum Gasteiger partial charge on any atom is 0.105 e. The van der Waals surface area contributed by atoms with E-state index in [0.717, 1.165) is 45.4 Å². The monoisotopic (exact) mass is 352 g/mol. The number of aliphatic hydroxyl groups is 2. The summed E-state index contributed by atoms with van der Waals surface area (Å²) < 4.78 is 7.45. The lowest BCUT2D eigenvalue weighted by atomic mass is 9.97. The fourth-order valence-corrected chi connectivity index (χ4v) is 3.97. The topological polar surface area (TPSA) is 74.0 Å². The second-order valence-electron chi connectivity index (χ2n) is 7.45. The number of nitrogens with zero attached hydrogens (tertiary/aromatic N) is 4. The number of aromatic nitrogens is 2. The molecule has 142 valence electrons. The van der Waals surface area contributed by atoms with E-state index in [4.69, 9.17) is 4.74 Å². The fraction of sp³-hybridized carbons (Fsp3) is 0.833. The van der Waals surface area contributed by atoms with Gasteiger partial charge in [0.25, 0.3) is 0 Å². The molecule has 0 radical (unpaired) electrons. The Balaban J connectivity index is 1.47. The van der Waals surface area contributed by atoms with Crippen molar-refractivity contribution in [1.82, 2.24) is 19.6 Å². The van der Waals surface area contributed by atoms with Gasteiger partial charge >= 0.3 is 0 Å². The Kier molecular flexibility index (Phi) is 6.46. The number of likely N-dealkylation sites (N-methyl/N-ethyl adjacent to an activating group) is 1. The number of hydrogen-bond donors (Lipinski definition) is 2. The number of aliphatic hydroxyl groups excluding tert-OH is 2. The van der Waals surface area contributed by atoms with Crippen molar-refractivity contribution in [3.05, 3.63) is 18.0 Å². The summed E-state index contributed by atoms with van der Waals surface area (Å²) in [5, 5.41) is 24.5. The average Bonchev–Trinajstić information content (AvgIpc) is 3.05. The van der Waals surface area contributed by atoms with Crippen LogP contribution in [0.4, 0.5) is 0 Å². The molecule has 0 spiro atoms. The van der Waals surface area contributed by atoms with Gasteiger partial charge in [0.2, 0.25) is 0 Å². The number of rotatable bonds is 6. The van der Waals surface area contributed by atoms with Crippen LogP contribution in [0.5, 0.6) is 0 Å². The van der Waals surface area contributed by atoms with Crippen LogP contribution in [0.1, 0.15) is 31.7 Å². The lowest BCUT2D eigenvalue weighted by molar-refractivity contribution is -0.137. The summed E-state index contributed by atoms with van der Waals surface area (Å²) in [7, 11) is 2.05. The molecule has 1 aromatic rings. The van der Waals surface area contributed by atoms with Crippen molar-refractivity contribution in [1.29, 1.82) is 0 Å². The average molecular weight is 352 g/mol. The van der Waals surface area contributed by atoms with Crippen molar-refractivity contribution in [2.45, 2.75) is 63.6 Å². The molecular formula is C18H32N4O3. The van der Waals surface area contributed by atoms with Gasteiger partial charge in [0.15, 0.2) is 0 Å². The van der Waals surface area contributed by atoms with Crippen LogP contribution in [-0.4, -0.2) is 87.4 Å². The molecule has 2 aliphatic heterocycles. The van der Waals surface area contributed by atoms with E-state index in [2.05, 4.69) is 28.0 Å². The van der Waals surface area contributed by atoms with E-state index in [1.165, 1.54) is 5.56 Å². The van der Waals surface area contributed by atoms with Gasteiger partial charge in [-0.15, -0.1) is 0 Å². The summed E-state index contributed by atoms with van der Waals surface area (Å²) >= 11 is 0. The van der Waals surface area contributed by atoms with Gasteiger partial charge in [-0.05, 0) is 39.4 Å². The van der Waals surface area contributed by atoms with E-state index < -0.39 is 12.2 Å². The van der Waals surface area contributed by atoms with Crippen LogP contribution in [0, 0.1) is 0 Å². The number of hydrogen-bond acceptors (Lipinski definition) is 6. The van der Waals surface area contributed by atoms with Gasteiger partial charge in [0.1, 0.15) is 6.10 Å². The molecule has 25 heavy (non-hydrogen) atoms. The minimum Gasteiger partial charge on any atom is -0.389 e. The smallest absolute Gasteiger partial charge is 0.105 e. The molecule has 0 amide bonds. The Hall–Kier alpha value is -0.990. The summed E-state index contributed by atoms with van der Waals surface area (Å²) in [5.41, 5.74) is 1.28. The number of aryl methyl sites for hydroxylation is 1. The third kappa shape index (κ3) is 4.60. The highest BCUT2D eigenvalue weighted by Crippen LogP contribution is 2.23. The highest BCUT2D eigenvalue weighted by molar-refractivity contribution is 5.04. The van der Waals surface area contributed by atoms with Crippen molar-refractivity contribution in [2.24, 2.45) is 0 Å². The van der Waals surface area contributed by atoms with E-state index in [-0.39, 0.29) is 12.6 Å². The van der Waals surface area contributed by atoms with Gasteiger partial charge in [-0.2, -0.15) is 5.10 Å². The molecule has 7 nitrogen and oxygen atoms in total. The predicted octanol–water partition coefficient (Wildman–Crippen LogP) is 0.310. The number of likely N-dealkylation sites (tertiary alicyclic amines) is 1. The Morgan fingerprint density at radius 1 is 1.28 bits per heavy atom. The third-order valence-electron chi connectivity index (χ3n) is 5.57. The standard InChI is InChI=1S/C18H32N4O3/c1-3-6-22-11-14(9-19-22)10-21-7-4-15(5-8-21)20(2)16-12-25-13-17(23)18(16)24/h9,11,15-18,23-24H,3-8,10,12-13H2,1-2H3/t16-,17-,18+/m1/s1. The van der Waals surface area contributed by atoms with Gasteiger partial charge in [0, 0.05) is 30.9 Å². The zero-order chi connectivity index (χ0) is 17.8. The summed E-state index contributed by atoms with van der Waals surface area (Å²) in [6.45, 7) is 6.90. The normalized spacial score (nSPS) is 29.4. The lowest BCUT2D eigenvalue weighted by Gasteiger charge is -2.44. The Labute approximate surface area is 150 Å². The molecule has 2 fully saturated rings. The summed E-state index contributed by atoms with van der Waals surface area (Å²) in [6.07, 6.45) is 5.87. The van der Waals surface area contributed by atoms with Crippen molar-refractivity contribution >= 4 is 0 Å². The molecule has 0 unspecified atom stereocenters. The quantitative estimate of drug-likeness (QED) is 0.768. The second-order valence-corrected chi connectivity index (χ2v) is 7.45. The summed E-state index contributed by atoms with van der Waals surface area (Å²) in [5.74, 6) is 0. The largest absolute Gasteiger partial charge is 0.389 e. The molecule has 0 aromatic carbocycles. The van der Waals surface area contributed by atoms with Crippen LogP contribution < -0.4 is 0 Å². The Morgan fingerprint density at radius 3 is 2.76 bits per heavy atom. The molecule has 3 atom stereocenters. The van der Waals surface area contributed by atoms with Crippen LogP contribution in [0.25, 0.3) is 0 Å². The first-order valence-electron chi connectivity index (χ1n) is 9.48. The molecule has 3 heterocycles. The Bertz CT molecular complexity index is 530. The maximum absolute atomic E-state index is 10.2. The molecule has 0 saturated carbocycles. The van der Waals surface area contributed by atoms with Gasteiger partial charge in [-0.1, -0.05) is 6.92 Å². The summed E-state index contributed by atoms with van der Waals surface area (Å²) in [4.78, 5) is 4.68. The first kappa shape index (κ1) is 18.8. The molecule has 7 heteroatoms. The van der Waals surface area contributed by atoms with E-state index in [9.17, 15) is 10.2 Å². The van der Waals surface area contributed by atoms with Crippen LogP contribution >= 0.6 is 0 Å². The minimum atomic E-state index is -0.777. The SMILES string of the molecule is CCCn1cc(CN2CCC(N(C)[C@@H]3COC[C@@H](O)[C@H]3O)CC2)cn1. The molecule has 0 bridgehead atoms. The van der Waals surface area contributed by atoms with Gasteiger partial charge in [-0.25, -0.2) is 0 Å². The van der Waals surface area contributed by atoms with E-state index in [1.807, 2.05) is 17.9 Å². The van der Waals surface area contributed by atoms with Crippen LogP contribution in [0.3, 0.4) is 0 Å². The lowest BCUT2D eigenvalue weighted by Crippen LogP contribution is -2.58. The van der Waals surface area contributed by atoms with Gasteiger partial charge in [0.05, 0.1) is 31.6 Å². The molecular weight excluding hydrogens is 320 g/mol. The zero-order valence-corrected chi connectivity index (χ0v) is 15.4. The third-order valence-corrected chi connectivity index (χ3v) is 5.57.